The van der Waals surface area contributed by atoms with Crippen molar-refractivity contribution in [3.8, 4) is 0 Å². The largest absolute Gasteiger partial charge is 0.427 e. The van der Waals surface area contributed by atoms with Gasteiger partial charge >= 0.3 is 0 Å². The highest BCUT2D eigenvalue weighted by Gasteiger charge is 1.74. The third kappa shape index (κ3) is 4.53. The van der Waals surface area contributed by atoms with Crippen molar-refractivity contribution < 1.29 is 4.43 Å². The molecule has 0 spiro atoms. The number of hydrogen-bond donors (Lipinski definition) is 0. The molecule has 0 bridgehead atoms. The Balaban J connectivity index is 2.34. The van der Waals surface area contributed by atoms with E-state index in [1.165, 1.54) is 0 Å². The van der Waals surface area contributed by atoms with Crippen LogP contribution in [0, 0.1) is 0 Å². The molecule has 0 radical (unpaired) electrons. The smallest absolute Gasteiger partial charge is 0.146 e. The van der Waals surface area contributed by atoms with E-state index < -0.39 is 0 Å². The third-order valence-corrected chi connectivity index (χ3v) is 1.47. The van der Waals surface area contributed by atoms with Crippen LogP contribution >= 0.6 is 11.8 Å². The van der Waals surface area contributed by atoms with Gasteiger partial charge in [0.05, 0.1) is 0 Å². The van der Waals surface area contributed by atoms with Crippen molar-refractivity contribution in [2.24, 2.45) is 0 Å². The molecule has 0 fully saturated rings. The van der Waals surface area contributed by atoms with Gasteiger partial charge in [-0.15, -0.1) is 0 Å². The minimum Gasteiger partial charge on any atom is -0.427 e. The summed E-state index contributed by atoms with van der Waals surface area (Å²) < 4.78 is 4.90. The van der Waals surface area contributed by atoms with Gasteiger partial charge in [-0.1, -0.05) is 0 Å². The Kier molecular flexibility index (Phi) is 6.01. The van der Waals surface area contributed by atoms with E-state index in [2.05, 4.69) is 6.26 Å². The maximum atomic E-state index is 4.90. The summed E-state index contributed by atoms with van der Waals surface area (Å²) in [6, 6.07) is 0. The van der Waals surface area contributed by atoms with Crippen molar-refractivity contribution in [3.63, 3.8) is 0 Å². The van der Waals surface area contributed by atoms with Gasteiger partial charge in [0, 0.05) is 12.4 Å². The first kappa shape index (κ1) is 6.53. The first-order chi connectivity index (χ1) is 2.91. The lowest BCUT2D eigenvalue weighted by Crippen LogP contribution is -1.90. The van der Waals surface area contributed by atoms with Crippen LogP contribution in [-0.2, 0) is 4.43 Å². The van der Waals surface area contributed by atoms with E-state index in [9.17, 15) is 0 Å². The molecule has 0 saturated carbocycles. The molecule has 0 amide bonds. The highest BCUT2D eigenvalue weighted by atomic mass is 32.2. The van der Waals surface area contributed by atoms with Crippen molar-refractivity contribution >= 4 is 22.2 Å². The maximum absolute atomic E-state index is 4.90. The molecule has 0 unspecified atom stereocenters. The predicted molar refractivity (Wildman–Crippen MR) is 34.3 cm³/mol. The normalized spacial score (nSPS) is 9.50. The number of rotatable bonds is 3. The van der Waals surface area contributed by atoms with E-state index in [0.29, 0.717) is 0 Å². The van der Waals surface area contributed by atoms with Crippen LogP contribution in [0.15, 0.2) is 0 Å². The van der Waals surface area contributed by atoms with Gasteiger partial charge < -0.3 is 4.43 Å². The van der Waals surface area contributed by atoms with Crippen LogP contribution in [0.3, 0.4) is 0 Å². The highest BCUT2D eigenvalue weighted by molar-refractivity contribution is 7.98. The Morgan fingerprint density at radius 3 is 2.67 bits per heavy atom. The molecule has 0 rings (SSSR count). The number of hydrogen-bond acceptors (Lipinski definition) is 2. The maximum Gasteiger partial charge on any atom is 0.146 e. The molecule has 0 saturated heterocycles. The molecule has 3 heteroatoms. The summed E-state index contributed by atoms with van der Waals surface area (Å²) in [5.41, 5.74) is 0. The van der Waals surface area contributed by atoms with Crippen LogP contribution in [0.5, 0.6) is 0 Å². The van der Waals surface area contributed by atoms with E-state index >= 15 is 0 Å². The van der Waals surface area contributed by atoms with E-state index in [0.717, 1.165) is 22.8 Å². The van der Waals surface area contributed by atoms with Crippen LogP contribution in [-0.4, -0.2) is 29.1 Å². The zero-order valence-electron chi connectivity index (χ0n) is 4.23. The third-order valence-electron chi connectivity index (χ3n) is 0.492. The van der Waals surface area contributed by atoms with Crippen molar-refractivity contribution in [3.05, 3.63) is 0 Å². The molecule has 0 aliphatic carbocycles. The lowest BCUT2D eigenvalue weighted by molar-refractivity contribution is 0.380. The van der Waals surface area contributed by atoms with Gasteiger partial charge in [0.1, 0.15) is 10.5 Å². The highest BCUT2D eigenvalue weighted by Crippen LogP contribution is 1.87. The zero-order chi connectivity index (χ0) is 4.83. The Morgan fingerprint density at radius 2 is 2.50 bits per heavy atom. The van der Waals surface area contributed by atoms with Gasteiger partial charge in [0.2, 0.25) is 0 Å². The summed E-state index contributed by atoms with van der Waals surface area (Å²) in [7, 11) is 0.890. The minimum absolute atomic E-state index is 0.890. The fourth-order valence-corrected chi connectivity index (χ4v) is 1.000. The lowest BCUT2D eigenvalue weighted by Gasteiger charge is -1.90. The van der Waals surface area contributed by atoms with Crippen molar-refractivity contribution in [1.29, 1.82) is 0 Å². The molecule has 0 aliphatic heterocycles. The Hall–Kier alpha value is 0.527. The van der Waals surface area contributed by atoms with E-state index in [-0.39, 0.29) is 0 Å². The SMILES string of the molecule is CSCCO[SiH3]. The van der Waals surface area contributed by atoms with E-state index in [4.69, 9.17) is 4.43 Å². The lowest BCUT2D eigenvalue weighted by atomic mass is 10.9. The second-order valence-electron chi connectivity index (χ2n) is 0.986. The van der Waals surface area contributed by atoms with Crippen LogP contribution in [0.1, 0.15) is 0 Å². The van der Waals surface area contributed by atoms with Crippen LogP contribution in [0.2, 0.25) is 0 Å². The summed E-state index contributed by atoms with van der Waals surface area (Å²) >= 11 is 1.82. The van der Waals surface area contributed by atoms with Gasteiger partial charge in [0.25, 0.3) is 0 Å². The molecule has 0 aliphatic rings. The molecule has 0 atom stereocenters. The monoisotopic (exact) mass is 122 g/mol. The summed E-state index contributed by atoms with van der Waals surface area (Å²) in [6.07, 6.45) is 2.08. The summed E-state index contributed by atoms with van der Waals surface area (Å²) in [6.45, 7) is 0.938. The molecule has 38 valence electrons. The van der Waals surface area contributed by atoms with Gasteiger partial charge in [0.15, 0.2) is 0 Å². The molecule has 0 aromatic carbocycles. The number of thioether (sulfide) groups is 1. The van der Waals surface area contributed by atoms with Crippen LogP contribution in [0.25, 0.3) is 0 Å². The molecule has 0 aromatic heterocycles. The zero-order valence-corrected chi connectivity index (χ0v) is 7.05. The topological polar surface area (TPSA) is 9.23 Å². The minimum atomic E-state index is 0.890. The van der Waals surface area contributed by atoms with Crippen molar-refractivity contribution in [2.45, 2.75) is 0 Å². The van der Waals surface area contributed by atoms with Gasteiger partial charge in [-0.05, 0) is 6.26 Å². The predicted octanol–water partition coefficient (Wildman–Crippen LogP) is -0.354. The molecular formula is C3H10OSSi. The molecule has 0 aromatic rings. The van der Waals surface area contributed by atoms with Gasteiger partial charge in [-0.2, -0.15) is 11.8 Å². The molecule has 0 heterocycles. The standard InChI is InChI=1S/C3H10OSSi/c1-5-3-2-4-6/h2-3H2,1,6H3. The fraction of sp³-hybridized carbons (Fsp3) is 1.00. The van der Waals surface area contributed by atoms with E-state index in [1.807, 2.05) is 11.8 Å². The van der Waals surface area contributed by atoms with Gasteiger partial charge in [-0.3, -0.25) is 0 Å². The first-order valence-electron chi connectivity index (χ1n) is 1.89. The first-order valence-corrected chi connectivity index (χ1v) is 4.10. The summed E-state index contributed by atoms with van der Waals surface area (Å²) in [4.78, 5) is 0. The summed E-state index contributed by atoms with van der Waals surface area (Å²) in [5, 5.41) is 0. The van der Waals surface area contributed by atoms with Crippen LogP contribution < -0.4 is 0 Å². The van der Waals surface area contributed by atoms with Gasteiger partial charge in [-0.25, -0.2) is 0 Å². The quantitative estimate of drug-likeness (QED) is 0.374. The second kappa shape index (κ2) is 5.53. The van der Waals surface area contributed by atoms with Crippen molar-refractivity contribution in [1.82, 2.24) is 0 Å². The van der Waals surface area contributed by atoms with Crippen LogP contribution in [0.4, 0.5) is 0 Å². The Labute approximate surface area is 46.0 Å². The average Bonchev–Trinajstić information content (AvgIpc) is 1.61. The second-order valence-corrected chi connectivity index (χ2v) is 2.55. The molecule has 6 heavy (non-hydrogen) atoms. The molecule has 0 N–H and O–H groups in total. The average molecular weight is 122 g/mol. The Bertz CT molecular complexity index is 22.8. The summed E-state index contributed by atoms with van der Waals surface area (Å²) in [5.74, 6) is 1.14. The fourth-order valence-electron chi connectivity index (χ4n) is 0.167. The molecule has 1 nitrogen and oxygen atoms in total. The van der Waals surface area contributed by atoms with Crippen molar-refractivity contribution in [2.75, 3.05) is 18.6 Å². The molecular weight excluding hydrogens is 112 g/mol. The van der Waals surface area contributed by atoms with E-state index in [1.54, 1.807) is 0 Å². The Morgan fingerprint density at radius 1 is 1.83 bits per heavy atom.